The number of hydrogen-bond acceptors (Lipinski definition) is 6. The number of amides is 1. The first-order valence-electron chi connectivity index (χ1n) is 15.3. The lowest BCUT2D eigenvalue weighted by atomic mass is 9.99. The van der Waals surface area contributed by atoms with Crippen LogP contribution >= 0.6 is 0 Å². The molecule has 1 aliphatic heterocycles. The summed E-state index contributed by atoms with van der Waals surface area (Å²) in [6, 6.07) is 30.9. The lowest BCUT2D eigenvalue weighted by Crippen LogP contribution is -2.43. The minimum atomic E-state index is -0.233. The predicted octanol–water partition coefficient (Wildman–Crippen LogP) is 6.29. The number of nitrogens with zero attached hydrogens (tertiary/aromatic N) is 3. The molecule has 1 amide bonds. The average Bonchev–Trinajstić information content (AvgIpc) is 3.40. The Balaban J connectivity index is 1.31. The highest BCUT2D eigenvalue weighted by molar-refractivity contribution is 6.22. The lowest BCUT2D eigenvalue weighted by Gasteiger charge is -2.32. The van der Waals surface area contributed by atoms with Gasteiger partial charge in [0.15, 0.2) is 5.88 Å². The van der Waals surface area contributed by atoms with E-state index in [1.54, 1.807) is 13.2 Å². The first kappa shape index (κ1) is 30.1. The molecular formula is C37H39N5O3. The fraction of sp³-hybridized carbons (Fsp3) is 0.243. The molecule has 0 bridgehead atoms. The Bertz CT molecular complexity index is 1810. The van der Waals surface area contributed by atoms with Gasteiger partial charge in [-0.1, -0.05) is 54.6 Å². The number of piperazine rings is 1. The Morgan fingerprint density at radius 1 is 0.933 bits per heavy atom. The van der Waals surface area contributed by atoms with Gasteiger partial charge in [-0.15, -0.1) is 0 Å². The maximum absolute atomic E-state index is 13.4. The van der Waals surface area contributed by atoms with Gasteiger partial charge in [0.2, 0.25) is 0 Å². The lowest BCUT2D eigenvalue weighted by molar-refractivity contribution is 0.0940. The molecule has 1 aromatic heterocycles. The van der Waals surface area contributed by atoms with Crippen molar-refractivity contribution in [1.29, 1.82) is 0 Å². The fourth-order valence-corrected chi connectivity index (χ4v) is 5.76. The molecule has 2 heterocycles. The number of aromatic nitrogens is 1. The second-order valence-electron chi connectivity index (χ2n) is 11.7. The monoisotopic (exact) mass is 601 g/mol. The normalized spacial score (nSPS) is 15.2. The highest BCUT2D eigenvalue weighted by Gasteiger charge is 2.21. The van der Waals surface area contributed by atoms with Crippen LogP contribution in [0.25, 0.3) is 10.9 Å². The van der Waals surface area contributed by atoms with Gasteiger partial charge in [0.05, 0.1) is 30.1 Å². The summed E-state index contributed by atoms with van der Waals surface area (Å²) in [6.45, 7) is 7.15. The number of aliphatic imine (C=N–C) groups is 1. The molecular weight excluding hydrogens is 562 g/mol. The number of benzene rings is 4. The second-order valence-corrected chi connectivity index (χ2v) is 11.7. The van der Waals surface area contributed by atoms with E-state index in [-0.39, 0.29) is 17.8 Å². The molecule has 0 saturated carbocycles. The van der Waals surface area contributed by atoms with Crippen molar-refractivity contribution in [3.8, 4) is 11.6 Å². The molecule has 1 fully saturated rings. The van der Waals surface area contributed by atoms with E-state index in [4.69, 9.17) is 9.73 Å². The Hall–Kier alpha value is -4.92. The Kier molecular flexibility index (Phi) is 8.96. The van der Waals surface area contributed by atoms with Crippen molar-refractivity contribution in [2.24, 2.45) is 4.99 Å². The number of carbonyl (C=O) groups is 1. The molecule has 0 unspecified atom stereocenters. The number of nitrogens with one attached hydrogen (secondary N) is 2. The molecule has 45 heavy (non-hydrogen) atoms. The van der Waals surface area contributed by atoms with Crippen LogP contribution in [0, 0.1) is 0 Å². The molecule has 0 aliphatic carbocycles. The van der Waals surface area contributed by atoms with Crippen LogP contribution in [0.2, 0.25) is 0 Å². The number of fused-ring (bicyclic) bond motifs is 1. The summed E-state index contributed by atoms with van der Waals surface area (Å²) in [6.07, 6.45) is 0. The number of hydrogen-bond donors (Lipinski definition) is 3. The van der Waals surface area contributed by atoms with E-state index < -0.39 is 0 Å². The zero-order chi connectivity index (χ0) is 31.3. The van der Waals surface area contributed by atoms with Gasteiger partial charge in [0, 0.05) is 54.8 Å². The number of rotatable bonds is 9. The van der Waals surface area contributed by atoms with Crippen molar-refractivity contribution >= 4 is 28.2 Å². The first-order chi connectivity index (χ1) is 21.9. The number of likely N-dealkylation sites (N-methyl/N-ethyl adjacent to an activating group) is 1. The van der Waals surface area contributed by atoms with Gasteiger partial charge in [-0.3, -0.25) is 9.69 Å². The van der Waals surface area contributed by atoms with E-state index in [9.17, 15) is 9.90 Å². The molecule has 8 heteroatoms. The smallest absolute Gasteiger partial charge is 0.251 e. The molecule has 0 spiro atoms. The quantitative estimate of drug-likeness (QED) is 0.173. The van der Waals surface area contributed by atoms with Crippen LogP contribution in [-0.4, -0.2) is 71.8 Å². The summed E-state index contributed by atoms with van der Waals surface area (Å²) in [7, 11) is 3.79. The summed E-state index contributed by atoms with van der Waals surface area (Å²) in [5.41, 5.74) is 6.19. The average molecular weight is 602 g/mol. The minimum Gasteiger partial charge on any atom is -0.497 e. The Morgan fingerprint density at radius 2 is 1.69 bits per heavy atom. The van der Waals surface area contributed by atoms with E-state index in [0.717, 1.165) is 55.3 Å². The summed E-state index contributed by atoms with van der Waals surface area (Å²) in [5.74, 6) is 0.523. The van der Waals surface area contributed by atoms with Gasteiger partial charge in [0.1, 0.15) is 5.75 Å². The third-order valence-corrected chi connectivity index (χ3v) is 8.45. The Labute approximate surface area is 264 Å². The highest BCUT2D eigenvalue weighted by Crippen LogP contribution is 2.32. The summed E-state index contributed by atoms with van der Waals surface area (Å²) < 4.78 is 5.35. The third kappa shape index (κ3) is 6.93. The predicted molar refractivity (Wildman–Crippen MR) is 180 cm³/mol. The van der Waals surface area contributed by atoms with Crippen molar-refractivity contribution in [3.63, 3.8) is 0 Å². The SMILES string of the molecule is COc1cccc([C@@H](C)NC(=O)c2ccc3[nH]c(O)c(C(=Nc4ccc(CN5CCN(C)CC5)cc4)c4ccccc4)c3c2)c1. The molecule has 4 aromatic carbocycles. The van der Waals surface area contributed by atoms with Gasteiger partial charge >= 0.3 is 0 Å². The van der Waals surface area contributed by atoms with E-state index in [0.29, 0.717) is 27.7 Å². The maximum Gasteiger partial charge on any atom is 0.251 e. The van der Waals surface area contributed by atoms with E-state index in [1.807, 2.05) is 85.8 Å². The summed E-state index contributed by atoms with van der Waals surface area (Å²) in [4.78, 5) is 26.4. The van der Waals surface area contributed by atoms with Gasteiger partial charge < -0.3 is 25.0 Å². The van der Waals surface area contributed by atoms with E-state index >= 15 is 0 Å². The summed E-state index contributed by atoms with van der Waals surface area (Å²) >= 11 is 0. The van der Waals surface area contributed by atoms with Crippen LogP contribution in [-0.2, 0) is 6.54 Å². The van der Waals surface area contributed by atoms with Gasteiger partial charge in [-0.05, 0) is 67.6 Å². The van der Waals surface area contributed by atoms with Gasteiger partial charge in [-0.25, -0.2) is 4.99 Å². The number of aromatic amines is 1. The zero-order valence-corrected chi connectivity index (χ0v) is 26.0. The number of carbonyl (C=O) groups excluding carboxylic acids is 1. The van der Waals surface area contributed by atoms with Gasteiger partial charge in [0.25, 0.3) is 5.91 Å². The molecule has 8 nitrogen and oxygen atoms in total. The van der Waals surface area contributed by atoms with Crippen LogP contribution in [0.1, 0.15) is 45.6 Å². The van der Waals surface area contributed by atoms with E-state index in [1.165, 1.54) is 5.56 Å². The Morgan fingerprint density at radius 3 is 2.42 bits per heavy atom. The number of methoxy groups -OCH3 is 1. The van der Waals surface area contributed by atoms with Crippen molar-refractivity contribution in [1.82, 2.24) is 20.1 Å². The van der Waals surface area contributed by atoms with Crippen molar-refractivity contribution < 1.29 is 14.6 Å². The topological polar surface area (TPSA) is 93.2 Å². The maximum atomic E-state index is 13.4. The van der Waals surface area contributed by atoms with E-state index in [2.05, 4.69) is 39.3 Å². The number of ether oxygens (including phenoxy) is 1. The van der Waals surface area contributed by atoms with Crippen LogP contribution in [0.3, 0.4) is 0 Å². The van der Waals surface area contributed by atoms with Crippen molar-refractivity contribution in [2.45, 2.75) is 19.5 Å². The minimum absolute atomic E-state index is 0.00148. The molecule has 6 rings (SSSR count). The first-order valence-corrected chi connectivity index (χ1v) is 15.3. The molecule has 230 valence electrons. The molecule has 5 aromatic rings. The zero-order valence-electron chi connectivity index (χ0n) is 26.0. The fourth-order valence-electron chi connectivity index (χ4n) is 5.76. The van der Waals surface area contributed by atoms with Crippen molar-refractivity contribution in [2.75, 3.05) is 40.3 Å². The molecule has 1 aliphatic rings. The van der Waals surface area contributed by atoms with Gasteiger partial charge in [-0.2, -0.15) is 0 Å². The number of H-pyrrole nitrogens is 1. The molecule has 0 radical (unpaired) electrons. The number of aromatic hydroxyl groups is 1. The molecule has 1 atom stereocenters. The highest BCUT2D eigenvalue weighted by atomic mass is 16.5. The standard InChI is InChI=1S/C37H39N5O3/c1-25(28-10-7-11-31(22-28)45-3)38-36(43)29-14-17-33-32(23-29)34(37(44)40-33)35(27-8-5-4-6-9-27)39-30-15-12-26(13-16-30)24-42-20-18-41(2)19-21-42/h4-17,22-23,25,40,44H,18-21,24H2,1-3H3,(H,38,43)/t25-/m1/s1. The van der Waals surface area contributed by atoms with Crippen LogP contribution < -0.4 is 10.1 Å². The van der Waals surface area contributed by atoms with Crippen LogP contribution in [0.4, 0.5) is 5.69 Å². The van der Waals surface area contributed by atoms with Crippen LogP contribution in [0.5, 0.6) is 11.6 Å². The van der Waals surface area contributed by atoms with Crippen molar-refractivity contribution in [3.05, 3.63) is 125 Å². The summed E-state index contributed by atoms with van der Waals surface area (Å²) in [5, 5.41) is 15.0. The molecule has 3 N–H and O–H groups in total. The largest absolute Gasteiger partial charge is 0.497 e. The third-order valence-electron chi connectivity index (χ3n) is 8.45. The molecule has 1 saturated heterocycles. The second kappa shape index (κ2) is 13.4. The van der Waals surface area contributed by atoms with Crippen LogP contribution in [0.15, 0.2) is 102 Å².